The van der Waals surface area contributed by atoms with Crippen molar-refractivity contribution < 1.29 is 29.0 Å². The summed E-state index contributed by atoms with van der Waals surface area (Å²) in [5, 5.41) is 8.78. The minimum atomic E-state index is -0.930. The second-order valence-electron chi connectivity index (χ2n) is 6.09. The largest absolute Gasteiger partial charge is 0.481 e. The van der Waals surface area contributed by atoms with Gasteiger partial charge in [-0.3, -0.25) is 9.69 Å². The molecular weight excluding hydrogens is 278 g/mol. The normalized spacial score (nSPS) is 22.0. The number of methoxy groups -OCH3 is 1. The molecule has 1 saturated heterocycles. The number of ether oxygens (including phenoxy) is 2. The molecule has 120 valence electrons. The molecule has 0 saturated carbocycles. The van der Waals surface area contributed by atoms with Crippen molar-refractivity contribution in [2.24, 2.45) is 0 Å². The first-order valence-electron chi connectivity index (χ1n) is 6.96. The molecular formula is C14H23NO6. The number of hydrogen-bond acceptors (Lipinski definition) is 5. The second-order valence-corrected chi connectivity index (χ2v) is 6.09. The molecule has 1 rings (SSSR count). The first-order valence-corrected chi connectivity index (χ1v) is 6.96. The number of carboxylic acid groups (broad SMARTS) is 1. The molecule has 1 fully saturated rings. The number of amides is 1. The van der Waals surface area contributed by atoms with Crippen LogP contribution in [-0.2, 0) is 19.1 Å². The van der Waals surface area contributed by atoms with E-state index >= 15 is 0 Å². The Morgan fingerprint density at radius 3 is 2.33 bits per heavy atom. The topological polar surface area (TPSA) is 93.1 Å². The maximum atomic E-state index is 12.3. The molecule has 0 aliphatic carbocycles. The molecule has 1 aliphatic rings. The predicted molar refractivity (Wildman–Crippen MR) is 73.8 cm³/mol. The summed E-state index contributed by atoms with van der Waals surface area (Å²) in [6, 6.07) is -1.02. The standard InChI is InChI=1S/C14H23NO6/c1-14(2,3)21-13(19)15-9(6-8-11(16)17)5-7-10(15)12(18)20-4/h9-10H,5-8H2,1-4H3,(H,16,17). The van der Waals surface area contributed by atoms with Gasteiger partial charge in [0, 0.05) is 12.5 Å². The fraction of sp³-hybridized carbons (Fsp3) is 0.786. The zero-order chi connectivity index (χ0) is 16.2. The lowest BCUT2D eigenvalue weighted by Crippen LogP contribution is -2.47. The van der Waals surface area contributed by atoms with E-state index in [4.69, 9.17) is 14.6 Å². The van der Waals surface area contributed by atoms with Gasteiger partial charge in [-0.1, -0.05) is 0 Å². The van der Waals surface area contributed by atoms with Crippen molar-refractivity contribution in [3.8, 4) is 0 Å². The van der Waals surface area contributed by atoms with Crippen molar-refractivity contribution in [2.75, 3.05) is 7.11 Å². The third-order valence-corrected chi connectivity index (χ3v) is 3.27. The van der Waals surface area contributed by atoms with E-state index in [1.54, 1.807) is 20.8 Å². The molecule has 0 aromatic carbocycles. The highest BCUT2D eigenvalue weighted by Crippen LogP contribution is 2.30. The van der Waals surface area contributed by atoms with Gasteiger partial charge in [0.15, 0.2) is 0 Å². The first kappa shape index (κ1) is 17.3. The van der Waals surface area contributed by atoms with E-state index in [-0.39, 0.29) is 12.5 Å². The van der Waals surface area contributed by atoms with Gasteiger partial charge in [0.2, 0.25) is 0 Å². The quantitative estimate of drug-likeness (QED) is 0.796. The molecule has 0 aromatic heterocycles. The predicted octanol–water partition coefficient (Wildman–Crippen LogP) is 1.79. The van der Waals surface area contributed by atoms with Crippen LogP contribution < -0.4 is 0 Å². The van der Waals surface area contributed by atoms with Crippen LogP contribution in [0.2, 0.25) is 0 Å². The van der Waals surface area contributed by atoms with Gasteiger partial charge in [0.05, 0.1) is 7.11 Å². The Balaban J connectivity index is 2.86. The molecule has 1 aliphatic heterocycles. The minimum Gasteiger partial charge on any atom is -0.481 e. The van der Waals surface area contributed by atoms with Crippen LogP contribution in [0.3, 0.4) is 0 Å². The number of hydrogen-bond donors (Lipinski definition) is 1. The van der Waals surface area contributed by atoms with E-state index in [0.717, 1.165) is 0 Å². The monoisotopic (exact) mass is 301 g/mol. The van der Waals surface area contributed by atoms with E-state index in [1.165, 1.54) is 12.0 Å². The summed E-state index contributed by atoms with van der Waals surface area (Å²) in [6.45, 7) is 5.21. The van der Waals surface area contributed by atoms with Crippen LogP contribution in [0.1, 0.15) is 46.5 Å². The average molecular weight is 301 g/mol. The lowest BCUT2D eigenvalue weighted by atomic mass is 10.1. The smallest absolute Gasteiger partial charge is 0.411 e. The maximum absolute atomic E-state index is 12.3. The van der Waals surface area contributed by atoms with Crippen molar-refractivity contribution in [3.63, 3.8) is 0 Å². The number of carbonyl (C=O) groups excluding carboxylic acids is 2. The highest BCUT2D eigenvalue weighted by molar-refractivity contribution is 5.82. The number of carbonyl (C=O) groups is 3. The van der Waals surface area contributed by atoms with Gasteiger partial charge in [0.1, 0.15) is 11.6 Å². The Kier molecular flexibility index (Phi) is 5.57. The van der Waals surface area contributed by atoms with Gasteiger partial charge in [-0.05, 0) is 40.0 Å². The molecule has 1 N–H and O–H groups in total. The number of rotatable bonds is 4. The summed E-state index contributed by atoms with van der Waals surface area (Å²) in [5.41, 5.74) is -0.683. The Morgan fingerprint density at radius 2 is 1.86 bits per heavy atom. The summed E-state index contributed by atoms with van der Waals surface area (Å²) in [7, 11) is 1.26. The van der Waals surface area contributed by atoms with Crippen molar-refractivity contribution in [1.82, 2.24) is 4.90 Å². The lowest BCUT2D eigenvalue weighted by Gasteiger charge is -2.31. The van der Waals surface area contributed by atoms with Crippen LogP contribution in [0.5, 0.6) is 0 Å². The van der Waals surface area contributed by atoms with Gasteiger partial charge in [-0.15, -0.1) is 0 Å². The van der Waals surface area contributed by atoms with Crippen molar-refractivity contribution in [2.45, 2.75) is 64.1 Å². The average Bonchev–Trinajstić information content (AvgIpc) is 2.77. The fourth-order valence-corrected chi connectivity index (χ4v) is 2.41. The maximum Gasteiger partial charge on any atom is 0.411 e. The molecule has 1 heterocycles. The molecule has 7 heteroatoms. The van der Waals surface area contributed by atoms with Crippen LogP contribution in [-0.4, -0.2) is 52.8 Å². The Hall–Kier alpha value is -1.79. The Labute approximate surface area is 124 Å². The molecule has 1 amide bonds. The highest BCUT2D eigenvalue weighted by atomic mass is 16.6. The Morgan fingerprint density at radius 1 is 1.24 bits per heavy atom. The van der Waals surface area contributed by atoms with E-state index < -0.39 is 29.7 Å². The number of esters is 1. The van der Waals surface area contributed by atoms with E-state index in [9.17, 15) is 14.4 Å². The van der Waals surface area contributed by atoms with Crippen LogP contribution in [0.15, 0.2) is 0 Å². The van der Waals surface area contributed by atoms with Gasteiger partial charge < -0.3 is 14.6 Å². The van der Waals surface area contributed by atoms with Crippen LogP contribution >= 0.6 is 0 Å². The zero-order valence-electron chi connectivity index (χ0n) is 12.9. The minimum absolute atomic E-state index is 0.0577. The molecule has 0 bridgehead atoms. The fourth-order valence-electron chi connectivity index (χ4n) is 2.41. The summed E-state index contributed by atoms with van der Waals surface area (Å²) < 4.78 is 10.0. The third-order valence-electron chi connectivity index (χ3n) is 3.27. The Bertz CT molecular complexity index is 414. The zero-order valence-corrected chi connectivity index (χ0v) is 12.9. The molecule has 0 radical (unpaired) electrons. The highest BCUT2D eigenvalue weighted by Gasteiger charge is 2.43. The summed E-state index contributed by atoms with van der Waals surface area (Å²) >= 11 is 0. The number of aliphatic carboxylic acids is 1. The molecule has 7 nitrogen and oxygen atoms in total. The molecule has 0 spiro atoms. The molecule has 21 heavy (non-hydrogen) atoms. The van der Waals surface area contributed by atoms with Crippen LogP contribution in [0.25, 0.3) is 0 Å². The molecule has 0 aromatic rings. The van der Waals surface area contributed by atoms with Crippen molar-refractivity contribution in [1.29, 1.82) is 0 Å². The number of likely N-dealkylation sites (tertiary alicyclic amines) is 1. The molecule has 2 unspecified atom stereocenters. The van der Waals surface area contributed by atoms with Crippen LogP contribution in [0.4, 0.5) is 4.79 Å². The summed E-state index contributed by atoms with van der Waals surface area (Å²) in [6.07, 6.45) is 0.647. The second kappa shape index (κ2) is 6.78. The van der Waals surface area contributed by atoms with E-state index in [1.807, 2.05) is 0 Å². The van der Waals surface area contributed by atoms with E-state index in [0.29, 0.717) is 19.3 Å². The summed E-state index contributed by atoms with van der Waals surface area (Å²) in [5.74, 6) is -1.43. The van der Waals surface area contributed by atoms with Gasteiger partial charge in [0.25, 0.3) is 0 Å². The summed E-state index contributed by atoms with van der Waals surface area (Å²) in [4.78, 5) is 36.1. The first-order chi connectivity index (χ1) is 9.65. The number of carboxylic acids is 1. The SMILES string of the molecule is COC(=O)C1CCC(CCC(=O)O)N1C(=O)OC(C)(C)C. The number of nitrogens with zero attached hydrogens (tertiary/aromatic N) is 1. The van der Waals surface area contributed by atoms with E-state index in [2.05, 4.69) is 0 Å². The van der Waals surface area contributed by atoms with Crippen LogP contribution in [0, 0.1) is 0 Å². The van der Waals surface area contributed by atoms with Crippen molar-refractivity contribution >= 4 is 18.0 Å². The van der Waals surface area contributed by atoms with Gasteiger partial charge in [-0.25, -0.2) is 9.59 Å². The lowest BCUT2D eigenvalue weighted by molar-refractivity contribution is -0.146. The van der Waals surface area contributed by atoms with Gasteiger partial charge >= 0.3 is 18.0 Å². The van der Waals surface area contributed by atoms with Gasteiger partial charge in [-0.2, -0.15) is 0 Å². The van der Waals surface area contributed by atoms with Crippen molar-refractivity contribution in [3.05, 3.63) is 0 Å². The third kappa shape index (κ3) is 4.91. The molecule has 2 atom stereocenters.